The first-order valence-electron chi connectivity index (χ1n) is 4.83. The smallest absolute Gasteiger partial charge is 0.303 e. The van der Waals surface area contributed by atoms with Gasteiger partial charge in [0, 0.05) is 6.42 Å². The van der Waals surface area contributed by atoms with Crippen molar-refractivity contribution in [1.29, 1.82) is 0 Å². The van der Waals surface area contributed by atoms with Crippen LogP contribution < -0.4 is 0 Å². The third kappa shape index (κ3) is 2.11. The topological polar surface area (TPSA) is 37.3 Å². The fourth-order valence-electron chi connectivity index (χ4n) is 2.31. The van der Waals surface area contributed by atoms with Gasteiger partial charge in [0.15, 0.2) is 0 Å². The van der Waals surface area contributed by atoms with Gasteiger partial charge in [0.05, 0.1) is 0 Å². The Labute approximate surface area is 79.6 Å². The maximum atomic E-state index is 10.4. The molecule has 0 saturated heterocycles. The standard InChI is InChI=1S/C11H18O2/c1-8(2)9-4-6-11(9,3)7-5-10(12)13/h9H,1,4-7H2,2-3H3,(H,12,13). The van der Waals surface area contributed by atoms with Gasteiger partial charge in [0.1, 0.15) is 0 Å². The normalized spacial score (nSPS) is 32.3. The zero-order valence-corrected chi connectivity index (χ0v) is 8.47. The maximum Gasteiger partial charge on any atom is 0.303 e. The second-order valence-electron chi connectivity index (χ2n) is 4.49. The summed E-state index contributed by atoms with van der Waals surface area (Å²) in [7, 11) is 0. The van der Waals surface area contributed by atoms with E-state index in [2.05, 4.69) is 13.5 Å². The van der Waals surface area contributed by atoms with Crippen LogP contribution in [0.25, 0.3) is 0 Å². The Morgan fingerprint density at radius 1 is 1.69 bits per heavy atom. The number of allylic oxidation sites excluding steroid dienone is 1. The average molecular weight is 182 g/mol. The first kappa shape index (κ1) is 10.3. The molecule has 1 N–H and O–H groups in total. The molecule has 0 aromatic heterocycles. The molecule has 2 heteroatoms. The van der Waals surface area contributed by atoms with Crippen molar-refractivity contribution in [2.75, 3.05) is 0 Å². The number of hydrogen-bond acceptors (Lipinski definition) is 1. The van der Waals surface area contributed by atoms with Gasteiger partial charge >= 0.3 is 5.97 Å². The van der Waals surface area contributed by atoms with Gasteiger partial charge in [-0.25, -0.2) is 0 Å². The SMILES string of the molecule is C=C(C)C1CCC1(C)CCC(=O)O. The van der Waals surface area contributed by atoms with Gasteiger partial charge in [0.2, 0.25) is 0 Å². The Morgan fingerprint density at radius 2 is 2.31 bits per heavy atom. The van der Waals surface area contributed by atoms with Crippen molar-refractivity contribution >= 4 is 5.97 Å². The predicted molar refractivity (Wildman–Crippen MR) is 52.5 cm³/mol. The Hall–Kier alpha value is -0.790. The van der Waals surface area contributed by atoms with Crippen molar-refractivity contribution in [2.24, 2.45) is 11.3 Å². The van der Waals surface area contributed by atoms with E-state index in [0.29, 0.717) is 12.3 Å². The monoisotopic (exact) mass is 182 g/mol. The molecule has 1 rings (SSSR count). The minimum atomic E-state index is -0.686. The summed E-state index contributed by atoms with van der Waals surface area (Å²) in [5, 5.41) is 8.60. The molecule has 0 heterocycles. The van der Waals surface area contributed by atoms with E-state index in [1.165, 1.54) is 12.0 Å². The fraction of sp³-hybridized carbons (Fsp3) is 0.727. The van der Waals surface area contributed by atoms with Crippen LogP contribution in [-0.2, 0) is 4.79 Å². The van der Waals surface area contributed by atoms with E-state index in [1.807, 2.05) is 6.92 Å². The fourth-order valence-corrected chi connectivity index (χ4v) is 2.31. The number of carboxylic acid groups (broad SMARTS) is 1. The Bertz CT molecular complexity index is 232. The van der Waals surface area contributed by atoms with Crippen LogP contribution in [0.2, 0.25) is 0 Å². The third-order valence-electron chi connectivity index (χ3n) is 3.35. The number of carboxylic acids is 1. The summed E-state index contributed by atoms with van der Waals surface area (Å²) in [5.74, 6) is -0.138. The molecule has 0 amide bonds. The van der Waals surface area contributed by atoms with Crippen LogP contribution in [0.1, 0.15) is 39.5 Å². The highest BCUT2D eigenvalue weighted by molar-refractivity contribution is 5.66. The molecular weight excluding hydrogens is 164 g/mol. The Morgan fingerprint density at radius 3 is 2.62 bits per heavy atom. The van der Waals surface area contributed by atoms with Crippen LogP contribution in [0.15, 0.2) is 12.2 Å². The van der Waals surface area contributed by atoms with E-state index >= 15 is 0 Å². The quantitative estimate of drug-likeness (QED) is 0.679. The number of aliphatic carboxylic acids is 1. The Balaban J connectivity index is 2.47. The molecule has 0 bridgehead atoms. The lowest BCUT2D eigenvalue weighted by molar-refractivity contribution is -0.138. The van der Waals surface area contributed by atoms with Crippen LogP contribution in [0, 0.1) is 11.3 Å². The van der Waals surface area contributed by atoms with Crippen LogP contribution in [-0.4, -0.2) is 11.1 Å². The first-order valence-corrected chi connectivity index (χ1v) is 4.83. The lowest BCUT2D eigenvalue weighted by atomic mass is 9.57. The summed E-state index contributed by atoms with van der Waals surface area (Å²) in [4.78, 5) is 10.4. The molecule has 1 aliphatic carbocycles. The Kier molecular flexibility index (Phi) is 2.79. The predicted octanol–water partition coefficient (Wildman–Crippen LogP) is 2.84. The van der Waals surface area contributed by atoms with E-state index < -0.39 is 5.97 Å². The van der Waals surface area contributed by atoms with Crippen molar-refractivity contribution in [2.45, 2.75) is 39.5 Å². The molecule has 13 heavy (non-hydrogen) atoms. The summed E-state index contributed by atoms with van der Waals surface area (Å²) in [6, 6.07) is 0. The summed E-state index contributed by atoms with van der Waals surface area (Å²) in [6.45, 7) is 8.18. The van der Waals surface area contributed by atoms with Crippen molar-refractivity contribution in [3.8, 4) is 0 Å². The van der Waals surface area contributed by atoms with E-state index in [1.54, 1.807) is 0 Å². The minimum absolute atomic E-state index is 0.213. The highest BCUT2D eigenvalue weighted by Crippen LogP contribution is 2.52. The molecule has 2 unspecified atom stereocenters. The van der Waals surface area contributed by atoms with Gasteiger partial charge in [0.25, 0.3) is 0 Å². The minimum Gasteiger partial charge on any atom is -0.481 e. The van der Waals surface area contributed by atoms with E-state index in [9.17, 15) is 4.79 Å². The summed E-state index contributed by atoms with van der Waals surface area (Å²) in [6.07, 6.45) is 3.42. The van der Waals surface area contributed by atoms with Crippen molar-refractivity contribution in [1.82, 2.24) is 0 Å². The molecule has 2 nitrogen and oxygen atoms in total. The molecule has 2 atom stereocenters. The second kappa shape index (κ2) is 3.52. The molecule has 74 valence electrons. The largest absolute Gasteiger partial charge is 0.481 e. The zero-order valence-electron chi connectivity index (χ0n) is 8.47. The summed E-state index contributed by atoms with van der Waals surface area (Å²) >= 11 is 0. The average Bonchev–Trinajstić information content (AvgIpc) is 1.97. The van der Waals surface area contributed by atoms with Crippen molar-refractivity contribution < 1.29 is 9.90 Å². The molecule has 1 saturated carbocycles. The van der Waals surface area contributed by atoms with Crippen LogP contribution in [0.3, 0.4) is 0 Å². The van der Waals surface area contributed by atoms with E-state index in [4.69, 9.17) is 5.11 Å². The molecule has 1 aliphatic rings. The lowest BCUT2D eigenvalue weighted by Crippen LogP contribution is -2.38. The molecule has 0 radical (unpaired) electrons. The molecule has 0 aromatic carbocycles. The number of rotatable bonds is 4. The highest BCUT2D eigenvalue weighted by atomic mass is 16.4. The highest BCUT2D eigenvalue weighted by Gasteiger charge is 2.42. The maximum absolute atomic E-state index is 10.4. The van der Waals surface area contributed by atoms with Crippen LogP contribution >= 0.6 is 0 Å². The first-order chi connectivity index (χ1) is 5.96. The van der Waals surface area contributed by atoms with Gasteiger partial charge < -0.3 is 5.11 Å². The molecular formula is C11H18O2. The molecule has 0 spiro atoms. The van der Waals surface area contributed by atoms with Crippen molar-refractivity contribution in [3.05, 3.63) is 12.2 Å². The number of hydrogen-bond donors (Lipinski definition) is 1. The zero-order chi connectivity index (χ0) is 10.1. The van der Waals surface area contributed by atoms with Gasteiger partial charge in [-0.05, 0) is 37.5 Å². The van der Waals surface area contributed by atoms with Crippen LogP contribution in [0.5, 0.6) is 0 Å². The van der Waals surface area contributed by atoms with Gasteiger partial charge in [-0.1, -0.05) is 19.1 Å². The second-order valence-corrected chi connectivity index (χ2v) is 4.49. The summed E-state index contributed by atoms with van der Waals surface area (Å²) in [5.41, 5.74) is 1.42. The van der Waals surface area contributed by atoms with E-state index in [-0.39, 0.29) is 5.41 Å². The van der Waals surface area contributed by atoms with Crippen LogP contribution in [0.4, 0.5) is 0 Å². The molecule has 0 aromatic rings. The molecule has 1 fully saturated rings. The molecule has 0 aliphatic heterocycles. The number of carbonyl (C=O) groups is 1. The summed E-state index contributed by atoms with van der Waals surface area (Å²) < 4.78 is 0. The van der Waals surface area contributed by atoms with Crippen molar-refractivity contribution in [3.63, 3.8) is 0 Å². The van der Waals surface area contributed by atoms with E-state index in [0.717, 1.165) is 12.8 Å². The van der Waals surface area contributed by atoms with Gasteiger partial charge in [-0.15, -0.1) is 0 Å². The third-order valence-corrected chi connectivity index (χ3v) is 3.35. The van der Waals surface area contributed by atoms with Gasteiger partial charge in [-0.2, -0.15) is 0 Å². The van der Waals surface area contributed by atoms with Gasteiger partial charge in [-0.3, -0.25) is 4.79 Å². The lowest BCUT2D eigenvalue weighted by Gasteiger charge is -2.48.